The van der Waals surface area contributed by atoms with Crippen LogP contribution in [0.4, 0.5) is 5.69 Å². The minimum absolute atomic E-state index is 0.184. The molecule has 5 heteroatoms. The predicted octanol–water partition coefficient (Wildman–Crippen LogP) is 3.01. The molecule has 1 aromatic heterocycles. The van der Waals surface area contributed by atoms with E-state index in [1.165, 1.54) is 0 Å². The van der Waals surface area contributed by atoms with Gasteiger partial charge in [-0.15, -0.1) is 0 Å². The zero-order valence-corrected chi connectivity index (χ0v) is 12.2. The van der Waals surface area contributed by atoms with E-state index in [0.717, 1.165) is 10.9 Å². The molecule has 0 unspecified atom stereocenters. The first-order valence-electron chi connectivity index (χ1n) is 7.34. The van der Waals surface area contributed by atoms with E-state index < -0.39 is 6.10 Å². The molecule has 0 aliphatic carbocycles. The van der Waals surface area contributed by atoms with Crippen molar-refractivity contribution in [1.82, 2.24) is 4.98 Å². The van der Waals surface area contributed by atoms with Crippen LogP contribution in [0.3, 0.4) is 0 Å². The molecule has 3 aromatic rings. The van der Waals surface area contributed by atoms with Gasteiger partial charge in [0, 0.05) is 5.39 Å². The molecule has 2 aromatic carbocycles. The van der Waals surface area contributed by atoms with Gasteiger partial charge in [0.2, 0.25) is 6.10 Å². The van der Waals surface area contributed by atoms with E-state index in [9.17, 15) is 4.79 Å². The number of para-hydroxylation sites is 3. The second-order valence-corrected chi connectivity index (χ2v) is 5.27. The first kappa shape index (κ1) is 13.6. The first-order chi connectivity index (χ1) is 11.3. The SMILES string of the molecule is O=C(Nc1cnc2ccccc2c1)[C@@H]1COc2ccccc2O1. The van der Waals surface area contributed by atoms with Crippen molar-refractivity contribution in [2.75, 3.05) is 11.9 Å². The fourth-order valence-corrected chi connectivity index (χ4v) is 2.51. The lowest BCUT2D eigenvalue weighted by Gasteiger charge is -2.25. The molecule has 114 valence electrons. The Kier molecular flexibility index (Phi) is 3.31. The highest BCUT2D eigenvalue weighted by Crippen LogP contribution is 2.31. The van der Waals surface area contributed by atoms with Crippen LogP contribution in [0.5, 0.6) is 11.5 Å². The lowest BCUT2D eigenvalue weighted by atomic mass is 10.2. The Labute approximate surface area is 132 Å². The Morgan fingerprint density at radius 3 is 2.78 bits per heavy atom. The summed E-state index contributed by atoms with van der Waals surface area (Å²) in [5, 5.41) is 3.80. The number of pyridine rings is 1. The molecule has 5 nitrogen and oxygen atoms in total. The molecule has 1 N–H and O–H groups in total. The van der Waals surface area contributed by atoms with Crippen molar-refractivity contribution in [3.05, 3.63) is 60.8 Å². The predicted molar refractivity (Wildman–Crippen MR) is 86.7 cm³/mol. The second-order valence-electron chi connectivity index (χ2n) is 5.27. The van der Waals surface area contributed by atoms with Crippen LogP contribution in [-0.2, 0) is 4.79 Å². The molecule has 23 heavy (non-hydrogen) atoms. The highest BCUT2D eigenvalue weighted by Gasteiger charge is 2.27. The minimum atomic E-state index is -0.684. The van der Waals surface area contributed by atoms with Crippen LogP contribution in [0, 0.1) is 0 Å². The van der Waals surface area contributed by atoms with Gasteiger partial charge in [0.15, 0.2) is 11.5 Å². The largest absolute Gasteiger partial charge is 0.485 e. The molecule has 1 aliphatic rings. The molecule has 1 aliphatic heterocycles. The molecular weight excluding hydrogens is 292 g/mol. The van der Waals surface area contributed by atoms with Gasteiger partial charge in [-0.2, -0.15) is 0 Å². The van der Waals surface area contributed by atoms with Crippen LogP contribution in [0.1, 0.15) is 0 Å². The Hall–Kier alpha value is -3.08. The maximum atomic E-state index is 12.4. The van der Waals surface area contributed by atoms with E-state index in [1.807, 2.05) is 48.5 Å². The number of carbonyl (C=O) groups is 1. The number of hydrogen-bond donors (Lipinski definition) is 1. The molecule has 2 heterocycles. The average molecular weight is 306 g/mol. The standard InChI is InChI=1S/C18H14N2O3/c21-18(17-11-22-15-7-3-4-8-16(15)23-17)20-13-9-12-5-1-2-6-14(12)19-10-13/h1-10,17H,11H2,(H,20,21)/t17-/m0/s1. The molecule has 1 atom stereocenters. The van der Waals surface area contributed by atoms with E-state index in [2.05, 4.69) is 10.3 Å². The monoisotopic (exact) mass is 306 g/mol. The van der Waals surface area contributed by atoms with Gasteiger partial charge in [-0.1, -0.05) is 30.3 Å². The highest BCUT2D eigenvalue weighted by atomic mass is 16.6. The molecule has 4 rings (SSSR count). The summed E-state index contributed by atoms with van der Waals surface area (Å²) < 4.78 is 11.3. The van der Waals surface area contributed by atoms with Crippen LogP contribution in [0.2, 0.25) is 0 Å². The van der Waals surface area contributed by atoms with Gasteiger partial charge in [-0.3, -0.25) is 9.78 Å². The van der Waals surface area contributed by atoms with Gasteiger partial charge < -0.3 is 14.8 Å². The summed E-state index contributed by atoms with van der Waals surface area (Å²) in [4.78, 5) is 16.7. The van der Waals surface area contributed by atoms with Crippen molar-refractivity contribution < 1.29 is 14.3 Å². The van der Waals surface area contributed by atoms with Crippen LogP contribution in [0.25, 0.3) is 10.9 Å². The van der Waals surface area contributed by atoms with E-state index in [1.54, 1.807) is 12.3 Å². The summed E-state index contributed by atoms with van der Waals surface area (Å²) in [7, 11) is 0. The third-order valence-electron chi connectivity index (χ3n) is 3.66. The number of nitrogens with one attached hydrogen (secondary N) is 1. The van der Waals surface area contributed by atoms with Crippen molar-refractivity contribution in [3.63, 3.8) is 0 Å². The Morgan fingerprint density at radius 2 is 1.87 bits per heavy atom. The maximum Gasteiger partial charge on any atom is 0.269 e. The number of nitrogens with zero attached hydrogens (tertiary/aromatic N) is 1. The summed E-state index contributed by atoms with van der Waals surface area (Å²) >= 11 is 0. The number of aromatic nitrogens is 1. The summed E-state index contributed by atoms with van der Waals surface area (Å²) in [5.74, 6) is 0.982. The molecular formula is C18H14N2O3. The Balaban J connectivity index is 1.51. The third-order valence-corrected chi connectivity index (χ3v) is 3.66. The number of anilines is 1. The number of rotatable bonds is 2. The number of hydrogen-bond acceptors (Lipinski definition) is 4. The fourth-order valence-electron chi connectivity index (χ4n) is 2.51. The van der Waals surface area contributed by atoms with E-state index >= 15 is 0 Å². The second kappa shape index (κ2) is 5.61. The van der Waals surface area contributed by atoms with Gasteiger partial charge in [0.05, 0.1) is 17.4 Å². The van der Waals surface area contributed by atoms with Crippen LogP contribution in [0.15, 0.2) is 60.8 Å². The number of ether oxygens (including phenoxy) is 2. The zero-order chi connectivity index (χ0) is 15.6. The number of amides is 1. The summed E-state index contributed by atoms with van der Waals surface area (Å²) in [6, 6.07) is 16.9. The van der Waals surface area contributed by atoms with Gasteiger partial charge in [-0.25, -0.2) is 0 Å². The van der Waals surface area contributed by atoms with E-state index in [-0.39, 0.29) is 12.5 Å². The van der Waals surface area contributed by atoms with Gasteiger partial charge >= 0.3 is 0 Å². The van der Waals surface area contributed by atoms with Crippen molar-refractivity contribution >= 4 is 22.5 Å². The molecule has 0 bridgehead atoms. The van der Waals surface area contributed by atoms with Crippen molar-refractivity contribution in [2.45, 2.75) is 6.10 Å². The zero-order valence-electron chi connectivity index (χ0n) is 12.2. The van der Waals surface area contributed by atoms with Crippen LogP contribution in [-0.4, -0.2) is 23.6 Å². The molecule has 0 radical (unpaired) electrons. The number of carbonyl (C=O) groups excluding carboxylic acids is 1. The fraction of sp³-hybridized carbons (Fsp3) is 0.111. The molecule has 0 saturated heterocycles. The lowest BCUT2D eigenvalue weighted by Crippen LogP contribution is -2.40. The normalized spacial score (nSPS) is 16.1. The van der Waals surface area contributed by atoms with Gasteiger partial charge in [-0.05, 0) is 24.3 Å². The van der Waals surface area contributed by atoms with Crippen molar-refractivity contribution in [1.29, 1.82) is 0 Å². The average Bonchev–Trinajstić information content (AvgIpc) is 2.61. The number of fused-ring (bicyclic) bond motifs is 2. The summed E-state index contributed by atoms with van der Waals surface area (Å²) in [5.41, 5.74) is 1.52. The van der Waals surface area contributed by atoms with Crippen molar-refractivity contribution in [2.24, 2.45) is 0 Å². The minimum Gasteiger partial charge on any atom is -0.485 e. The maximum absolute atomic E-state index is 12.4. The Morgan fingerprint density at radius 1 is 1.09 bits per heavy atom. The third kappa shape index (κ3) is 2.68. The summed E-state index contributed by atoms with van der Waals surface area (Å²) in [6.45, 7) is 0.184. The molecule has 0 spiro atoms. The van der Waals surface area contributed by atoms with Crippen LogP contribution >= 0.6 is 0 Å². The first-order valence-corrected chi connectivity index (χ1v) is 7.34. The van der Waals surface area contributed by atoms with Crippen molar-refractivity contribution in [3.8, 4) is 11.5 Å². The Bertz CT molecular complexity index is 879. The number of benzene rings is 2. The van der Waals surface area contributed by atoms with E-state index in [4.69, 9.17) is 9.47 Å². The highest BCUT2D eigenvalue weighted by molar-refractivity contribution is 5.96. The van der Waals surface area contributed by atoms with Crippen LogP contribution < -0.4 is 14.8 Å². The van der Waals surface area contributed by atoms with Gasteiger partial charge in [0.1, 0.15) is 6.61 Å². The molecule has 1 amide bonds. The summed E-state index contributed by atoms with van der Waals surface area (Å²) in [6.07, 6.45) is 0.953. The van der Waals surface area contributed by atoms with E-state index in [0.29, 0.717) is 17.2 Å². The molecule has 0 saturated carbocycles. The smallest absolute Gasteiger partial charge is 0.269 e. The lowest BCUT2D eigenvalue weighted by molar-refractivity contribution is -0.125. The topological polar surface area (TPSA) is 60.5 Å². The molecule has 0 fully saturated rings. The quantitative estimate of drug-likeness (QED) is 0.790. The van der Waals surface area contributed by atoms with Gasteiger partial charge in [0.25, 0.3) is 5.91 Å².